The van der Waals surface area contributed by atoms with Gasteiger partial charge in [0.1, 0.15) is 48.3 Å². The second-order valence-corrected chi connectivity index (χ2v) is 39.1. The predicted octanol–water partition coefficient (Wildman–Crippen LogP) is 15.6. The van der Waals surface area contributed by atoms with Gasteiger partial charge in [-0.3, -0.25) is 29.1 Å². The first-order valence-corrected chi connectivity index (χ1v) is 48.0. The molecule has 8 fully saturated rings. The van der Waals surface area contributed by atoms with Gasteiger partial charge < -0.3 is 95.4 Å². The van der Waals surface area contributed by atoms with E-state index >= 15 is 0 Å². The Balaban J connectivity index is 0.000000112. The third kappa shape index (κ3) is 20.0. The van der Waals surface area contributed by atoms with Crippen LogP contribution in [0.4, 0.5) is 0 Å². The van der Waals surface area contributed by atoms with E-state index < -0.39 is 0 Å². The Morgan fingerprint density at radius 3 is 0.873 bits per heavy atom. The summed E-state index contributed by atoms with van der Waals surface area (Å²) in [5.41, 5.74) is 18.0. The van der Waals surface area contributed by atoms with Crippen molar-refractivity contribution in [3.05, 3.63) is 202 Å². The number of allylic oxidation sites excluding steroid dienone is 4. The molecule has 0 saturated carbocycles. The highest BCUT2D eigenvalue weighted by Crippen LogP contribution is 2.47. The van der Waals surface area contributed by atoms with Crippen molar-refractivity contribution in [3.8, 4) is 92.5 Å². The van der Waals surface area contributed by atoms with E-state index in [0.29, 0.717) is 177 Å². The number of hydrogen-bond donors (Lipinski definition) is 0. The summed E-state index contributed by atoms with van der Waals surface area (Å²) in [4.78, 5) is 101. The zero-order valence-electron chi connectivity index (χ0n) is 80.7. The molecule has 12 aromatic rings. The molecule has 4 amide bonds. The second kappa shape index (κ2) is 39.7. The maximum atomic E-state index is 12.5. The van der Waals surface area contributed by atoms with Gasteiger partial charge in [-0.25, -0.2) is 39.9 Å². The highest BCUT2D eigenvalue weighted by molar-refractivity contribution is 5.91. The first-order valence-electron chi connectivity index (χ1n) is 48.0. The maximum Gasteiger partial charge on any atom is 0.230 e. The second-order valence-electron chi connectivity index (χ2n) is 39.1. The first kappa shape index (κ1) is 93.6. The molecular formula is C108H110N14O20. The maximum absolute atomic E-state index is 12.5. The Morgan fingerprint density at radius 2 is 0.577 bits per heavy atom. The van der Waals surface area contributed by atoms with Crippen LogP contribution in [0.15, 0.2) is 157 Å². The Bertz CT molecular complexity index is 6650. The van der Waals surface area contributed by atoms with Gasteiger partial charge in [0.15, 0.2) is 46.0 Å². The number of ether oxygens (including phenoxy) is 16. The molecule has 0 bridgehead atoms. The number of fused-ring (bicyclic) bond motifs is 8. The molecule has 732 valence electrons. The van der Waals surface area contributed by atoms with Crippen LogP contribution in [0.2, 0.25) is 0 Å². The smallest absolute Gasteiger partial charge is 0.230 e. The van der Waals surface area contributed by atoms with Crippen molar-refractivity contribution in [1.29, 1.82) is 0 Å². The van der Waals surface area contributed by atoms with Crippen molar-refractivity contribution in [2.24, 2.45) is 21.7 Å². The third-order valence-corrected chi connectivity index (χ3v) is 27.6. The van der Waals surface area contributed by atoms with Gasteiger partial charge in [-0.2, -0.15) is 0 Å². The Hall–Kier alpha value is -14.7. The summed E-state index contributed by atoms with van der Waals surface area (Å²) in [7, 11) is 6.34. The number of methoxy groups -OCH3 is 4. The van der Waals surface area contributed by atoms with Gasteiger partial charge in [-0.15, -0.1) is 0 Å². The number of nitrogens with zero attached hydrogens (tertiary/aromatic N) is 14. The van der Waals surface area contributed by atoms with Crippen LogP contribution in [-0.4, -0.2) is 253 Å². The fraction of sp³-hybridized carbons (Fsp3) is 0.389. The van der Waals surface area contributed by atoms with Crippen LogP contribution in [0.5, 0.6) is 92.5 Å². The van der Waals surface area contributed by atoms with Gasteiger partial charge >= 0.3 is 0 Å². The summed E-state index contributed by atoms with van der Waals surface area (Å²) in [5.74, 6) is 9.27. The van der Waals surface area contributed by atoms with E-state index in [1.807, 2.05) is 86.3 Å². The number of aromatic nitrogens is 10. The highest BCUT2D eigenvalue weighted by atomic mass is 16.5. The number of pyridine rings is 2. The van der Waals surface area contributed by atoms with Crippen molar-refractivity contribution in [2.75, 3.05) is 160 Å². The molecule has 14 heterocycles. The normalized spacial score (nSPS) is 17.4. The SMILES string of the molecule is COc1cc2c(Oc3ccc4c(c3)C=C(C)C4)ncnc2cc1OCCC(=O)N1CC2(COC2)C1.COc1cc2c(Oc3ccc4c(c3)C=C(C)C4)ncnc2cc1OCCCC(=O)N1CC2(COC2)C1.COc1cc2c(Oc3cnc4c(c3)C=C(C)C4)ncnc2cc1OCCC(=O)N1CC2(COC2)C1.COc1cc2c(Oc3cnc4c(c3)C=C(C)C4)ncnc2cc1OCCCC(=O)N1CC2(COC2)C1. The number of rotatable bonds is 30. The third-order valence-electron chi connectivity index (χ3n) is 27.6. The summed E-state index contributed by atoms with van der Waals surface area (Å²) in [6, 6.07) is 30.6. The lowest BCUT2D eigenvalue weighted by molar-refractivity contribution is -0.195. The van der Waals surface area contributed by atoms with E-state index in [9.17, 15) is 19.2 Å². The lowest BCUT2D eigenvalue weighted by Gasteiger charge is -2.55. The summed E-state index contributed by atoms with van der Waals surface area (Å²) < 4.78 is 91.7. The monoisotopic (exact) mass is 1920 g/mol. The average Bonchev–Trinajstić information content (AvgIpc) is 0.965. The van der Waals surface area contributed by atoms with Gasteiger partial charge in [0, 0.05) is 102 Å². The summed E-state index contributed by atoms with van der Waals surface area (Å²) >= 11 is 0. The van der Waals surface area contributed by atoms with E-state index in [1.165, 1.54) is 69.9 Å². The van der Waals surface area contributed by atoms with Gasteiger partial charge in [0.2, 0.25) is 47.1 Å². The highest BCUT2D eigenvalue weighted by Gasteiger charge is 2.54. The molecule has 0 N–H and O–H groups in total. The Labute approximate surface area is 819 Å². The lowest BCUT2D eigenvalue weighted by Crippen LogP contribution is -2.67. The lowest BCUT2D eigenvalue weighted by atomic mass is 9.78. The van der Waals surface area contributed by atoms with Crippen molar-refractivity contribution < 1.29 is 95.0 Å². The van der Waals surface area contributed by atoms with Crippen molar-refractivity contribution in [2.45, 2.75) is 91.9 Å². The minimum absolute atomic E-state index is 0.0910. The Morgan fingerprint density at radius 1 is 0.303 bits per heavy atom. The molecule has 12 aliphatic rings. The molecule has 34 heteroatoms. The average molecular weight is 1920 g/mol. The number of hydrogen-bond acceptors (Lipinski definition) is 30. The molecule has 8 aliphatic heterocycles. The molecule has 6 aromatic heterocycles. The van der Waals surface area contributed by atoms with E-state index in [0.717, 1.165) is 165 Å². The molecule has 142 heavy (non-hydrogen) atoms. The summed E-state index contributed by atoms with van der Waals surface area (Å²) in [6.07, 6.45) is 24.4. The van der Waals surface area contributed by atoms with E-state index in [2.05, 4.69) is 114 Å². The van der Waals surface area contributed by atoms with Gasteiger partial charge in [-0.1, -0.05) is 58.7 Å². The predicted molar refractivity (Wildman–Crippen MR) is 524 cm³/mol. The zero-order chi connectivity index (χ0) is 97.4. The minimum atomic E-state index is 0.0910. The number of amides is 4. The molecule has 4 aliphatic carbocycles. The molecule has 0 radical (unpaired) electrons. The molecule has 0 atom stereocenters. The van der Waals surface area contributed by atoms with Crippen molar-refractivity contribution in [1.82, 2.24) is 69.4 Å². The molecule has 34 nitrogen and oxygen atoms in total. The fourth-order valence-electron chi connectivity index (χ4n) is 19.9. The van der Waals surface area contributed by atoms with Crippen LogP contribution >= 0.6 is 0 Å². The Kier molecular flexibility index (Phi) is 26.2. The van der Waals surface area contributed by atoms with Crippen molar-refractivity contribution in [3.63, 3.8) is 0 Å². The van der Waals surface area contributed by atoms with E-state index in [4.69, 9.17) is 75.8 Å². The van der Waals surface area contributed by atoms with Crippen LogP contribution in [0.3, 0.4) is 0 Å². The van der Waals surface area contributed by atoms with Gasteiger partial charge in [-0.05, 0) is 147 Å². The zero-order valence-corrected chi connectivity index (χ0v) is 80.7. The number of likely N-dealkylation sites (tertiary alicyclic amines) is 4. The molecule has 4 spiro atoms. The molecular weight excluding hydrogens is 1810 g/mol. The number of carbonyl (C=O) groups is 4. The van der Waals surface area contributed by atoms with Crippen LogP contribution in [0.25, 0.3) is 67.9 Å². The standard InChI is InChI=1S/C28H29N3O5.C27H28N4O5.C27H27N3O5.C26H26N4O5/c1-18-8-19-5-6-21(10-20(19)9-18)36-27-22-11-24(33-2)25(12-23(22)29-17-30-27)35-7-3-4-26(32)31-13-28(14-31)15-34-16-28;1-17-6-18-8-19(11-28-21(18)7-17)36-26-20-9-23(33-2)24(10-22(20)29-16-30-26)35-5-3-4-25(32)31-12-27(13-31)14-34-15-27;1-17-7-18-3-4-20(9-19(18)8-17)35-26-21-10-23(32-2)24(11-22(21)28-16-29-26)34-6-5-25(31)30-12-27(13-30)14-33-15-27;1-16-5-17-7-18(10-27-20(17)6-16)35-25-19-8-22(32-2)23(9-21(19)28-15-29-25)34-4-3-24(31)30-11-26(12-30)13-33-14-26/h5-6,9-12,17H,3-4,7-8,13-16H2,1-2H3;6,8-11,16H,3-5,7,12-15H2,1-2H3;3-4,8-11,16H,5-7,12-15H2,1-2H3;5,7-10,15H,3-4,6,11-14H2,1-2H3. The molecule has 0 unspecified atom stereocenters. The quantitative estimate of drug-likeness (QED) is 0.0377. The van der Waals surface area contributed by atoms with Gasteiger partial charge in [0.05, 0.1) is 210 Å². The minimum Gasteiger partial charge on any atom is -0.493 e. The van der Waals surface area contributed by atoms with Crippen LogP contribution in [0.1, 0.15) is 111 Å². The van der Waals surface area contributed by atoms with Crippen LogP contribution in [0, 0.1) is 21.7 Å². The van der Waals surface area contributed by atoms with Crippen LogP contribution in [-0.2, 0) is 63.8 Å². The summed E-state index contributed by atoms with van der Waals surface area (Å²) in [5, 5.41) is 2.84. The van der Waals surface area contributed by atoms with E-state index in [1.54, 1.807) is 59.0 Å². The summed E-state index contributed by atoms with van der Waals surface area (Å²) in [6.45, 7) is 22.3. The van der Waals surface area contributed by atoms with E-state index in [-0.39, 0.29) is 58.5 Å². The van der Waals surface area contributed by atoms with Gasteiger partial charge in [0.25, 0.3) is 0 Å². The molecule has 24 rings (SSSR count). The topological polar surface area (TPSA) is 358 Å². The van der Waals surface area contributed by atoms with Crippen LogP contribution < -0.4 is 56.8 Å². The fourth-order valence-corrected chi connectivity index (χ4v) is 19.9. The largest absolute Gasteiger partial charge is 0.493 e. The number of benzene rings is 6. The molecule has 8 saturated heterocycles. The first-order chi connectivity index (χ1) is 69.1. The van der Waals surface area contributed by atoms with Crippen molar-refractivity contribution >= 4 is 91.5 Å². The molecule has 6 aromatic carbocycles. The number of carbonyl (C=O) groups excluding carboxylic acids is 4.